The Kier molecular flexibility index (Phi) is 7.30. The van der Waals surface area contributed by atoms with E-state index in [1.54, 1.807) is 37.2 Å². The van der Waals surface area contributed by atoms with Crippen molar-refractivity contribution in [3.05, 3.63) is 58.1 Å². The van der Waals surface area contributed by atoms with Crippen molar-refractivity contribution in [2.24, 2.45) is 0 Å². The van der Waals surface area contributed by atoms with Crippen molar-refractivity contribution >= 4 is 46.4 Å². The van der Waals surface area contributed by atoms with Gasteiger partial charge in [0.2, 0.25) is 11.8 Å². The molecule has 0 spiro atoms. The second kappa shape index (κ2) is 9.46. The number of amides is 2. The van der Waals surface area contributed by atoms with Crippen LogP contribution in [0.15, 0.2) is 42.5 Å². The Morgan fingerprint density at radius 1 is 1.04 bits per heavy atom. The Morgan fingerprint density at radius 3 is 2.38 bits per heavy atom. The fraction of sp³-hybridized carbons (Fsp3) is 0.263. The Bertz CT molecular complexity index is 777. The molecule has 0 unspecified atom stereocenters. The van der Waals surface area contributed by atoms with Crippen LogP contribution in [0.1, 0.15) is 12.0 Å². The number of hydrogen-bond acceptors (Lipinski definition) is 3. The van der Waals surface area contributed by atoms with Crippen LogP contribution in [0.4, 0.5) is 11.4 Å². The van der Waals surface area contributed by atoms with Gasteiger partial charge in [-0.1, -0.05) is 41.4 Å². The summed E-state index contributed by atoms with van der Waals surface area (Å²) in [6.45, 7) is 0.0985. The highest BCUT2D eigenvalue weighted by atomic mass is 35.5. The molecule has 0 aliphatic heterocycles. The Balaban J connectivity index is 1.82. The van der Waals surface area contributed by atoms with Gasteiger partial charge in [0.1, 0.15) is 0 Å². The average Bonchev–Trinajstić information content (AvgIpc) is 2.62. The molecule has 0 bridgehead atoms. The largest absolute Gasteiger partial charge is 0.376 e. The summed E-state index contributed by atoms with van der Waals surface area (Å²) in [5.41, 5.74) is 2.37. The van der Waals surface area contributed by atoms with Crippen LogP contribution in [0, 0.1) is 0 Å². The molecule has 138 valence electrons. The number of rotatable bonds is 7. The maximum Gasteiger partial charge on any atom is 0.243 e. The van der Waals surface area contributed by atoms with E-state index in [1.807, 2.05) is 24.3 Å². The van der Waals surface area contributed by atoms with Crippen LogP contribution >= 0.6 is 23.2 Å². The van der Waals surface area contributed by atoms with Gasteiger partial charge in [0.15, 0.2) is 0 Å². The number of aryl methyl sites for hydroxylation is 1. The van der Waals surface area contributed by atoms with Gasteiger partial charge in [-0.05, 0) is 36.2 Å². The summed E-state index contributed by atoms with van der Waals surface area (Å²) in [5, 5.41) is 6.47. The van der Waals surface area contributed by atoms with Crippen molar-refractivity contribution in [1.82, 2.24) is 4.90 Å². The molecule has 0 saturated carbocycles. The fourth-order valence-electron chi connectivity index (χ4n) is 2.24. The van der Waals surface area contributed by atoms with Crippen LogP contribution in [0.25, 0.3) is 0 Å². The van der Waals surface area contributed by atoms with Crippen molar-refractivity contribution < 1.29 is 9.59 Å². The van der Waals surface area contributed by atoms with E-state index < -0.39 is 0 Å². The molecule has 2 aromatic rings. The Labute approximate surface area is 163 Å². The highest BCUT2D eigenvalue weighted by Gasteiger charge is 2.08. The zero-order chi connectivity index (χ0) is 19.1. The topological polar surface area (TPSA) is 61.4 Å². The fourth-order valence-corrected chi connectivity index (χ4v) is 2.59. The first-order chi connectivity index (χ1) is 12.4. The summed E-state index contributed by atoms with van der Waals surface area (Å²) >= 11 is 12.0. The van der Waals surface area contributed by atoms with Crippen molar-refractivity contribution in [3.8, 4) is 0 Å². The number of carbonyl (C=O) groups excluding carboxylic acids is 2. The molecule has 0 aliphatic rings. The zero-order valence-electron chi connectivity index (χ0n) is 14.7. The van der Waals surface area contributed by atoms with E-state index in [-0.39, 0.29) is 18.4 Å². The van der Waals surface area contributed by atoms with Crippen LogP contribution in [-0.4, -0.2) is 37.4 Å². The van der Waals surface area contributed by atoms with E-state index in [1.165, 1.54) is 0 Å². The molecule has 2 aromatic carbocycles. The number of anilines is 2. The lowest BCUT2D eigenvalue weighted by Crippen LogP contribution is -2.22. The number of carbonyl (C=O) groups is 2. The number of halogens is 2. The molecule has 7 heteroatoms. The molecule has 0 heterocycles. The third-order valence-corrected chi connectivity index (χ3v) is 4.58. The molecule has 0 fully saturated rings. The molecule has 2 N–H and O–H groups in total. The molecule has 26 heavy (non-hydrogen) atoms. The van der Waals surface area contributed by atoms with Crippen molar-refractivity contribution in [3.63, 3.8) is 0 Å². The lowest BCUT2D eigenvalue weighted by Gasteiger charge is -2.11. The quantitative estimate of drug-likeness (QED) is 0.745. The standard InChI is InChI=1S/C19H21Cl2N3O2/c1-24(2)18(26)11-8-13-6-9-14(10-7-13)22-12-17(25)23-16-5-3-4-15(20)19(16)21/h3-7,9-10,22H,8,11-12H2,1-2H3,(H,23,25). The molecule has 2 amide bonds. The summed E-state index contributed by atoms with van der Waals surface area (Å²) in [6.07, 6.45) is 1.16. The monoisotopic (exact) mass is 393 g/mol. The first kappa shape index (κ1) is 20.1. The number of benzene rings is 2. The maximum atomic E-state index is 12.0. The van der Waals surface area contributed by atoms with Gasteiger partial charge >= 0.3 is 0 Å². The highest BCUT2D eigenvalue weighted by molar-refractivity contribution is 6.44. The SMILES string of the molecule is CN(C)C(=O)CCc1ccc(NCC(=O)Nc2cccc(Cl)c2Cl)cc1. The summed E-state index contributed by atoms with van der Waals surface area (Å²) in [6, 6.07) is 12.7. The highest BCUT2D eigenvalue weighted by Crippen LogP contribution is 2.29. The van der Waals surface area contributed by atoms with E-state index in [2.05, 4.69) is 10.6 Å². The lowest BCUT2D eigenvalue weighted by molar-refractivity contribution is -0.128. The molecule has 0 radical (unpaired) electrons. The molecule has 0 aromatic heterocycles. The first-order valence-corrected chi connectivity index (χ1v) is 8.89. The van der Waals surface area contributed by atoms with Gasteiger partial charge < -0.3 is 15.5 Å². The maximum absolute atomic E-state index is 12.0. The summed E-state index contributed by atoms with van der Waals surface area (Å²) < 4.78 is 0. The minimum Gasteiger partial charge on any atom is -0.376 e. The van der Waals surface area contributed by atoms with E-state index in [0.717, 1.165) is 11.3 Å². The zero-order valence-corrected chi connectivity index (χ0v) is 16.2. The van der Waals surface area contributed by atoms with Gasteiger partial charge in [-0.2, -0.15) is 0 Å². The predicted octanol–water partition coefficient (Wildman–Crippen LogP) is 4.06. The third kappa shape index (κ3) is 5.93. The Morgan fingerprint density at radius 2 is 1.73 bits per heavy atom. The van der Waals surface area contributed by atoms with Crippen LogP contribution in [0.3, 0.4) is 0 Å². The molecular formula is C19H21Cl2N3O2. The molecule has 5 nitrogen and oxygen atoms in total. The summed E-state index contributed by atoms with van der Waals surface area (Å²) in [4.78, 5) is 25.2. The van der Waals surface area contributed by atoms with Gasteiger partial charge in [0.25, 0.3) is 0 Å². The summed E-state index contributed by atoms with van der Waals surface area (Å²) in [7, 11) is 3.49. The minimum absolute atomic E-state index is 0.0985. The van der Waals surface area contributed by atoms with E-state index in [9.17, 15) is 9.59 Å². The number of hydrogen-bond donors (Lipinski definition) is 2. The number of nitrogens with one attached hydrogen (secondary N) is 2. The minimum atomic E-state index is -0.227. The number of nitrogens with zero attached hydrogens (tertiary/aromatic N) is 1. The smallest absolute Gasteiger partial charge is 0.243 e. The summed E-state index contributed by atoms with van der Waals surface area (Å²) in [5.74, 6) is -0.127. The van der Waals surface area contributed by atoms with Crippen LogP contribution in [0.2, 0.25) is 10.0 Å². The van der Waals surface area contributed by atoms with Gasteiger partial charge in [-0.25, -0.2) is 0 Å². The van der Waals surface area contributed by atoms with E-state index in [4.69, 9.17) is 23.2 Å². The normalized spacial score (nSPS) is 10.3. The predicted molar refractivity (Wildman–Crippen MR) is 107 cm³/mol. The second-order valence-electron chi connectivity index (χ2n) is 5.99. The van der Waals surface area contributed by atoms with E-state index >= 15 is 0 Å². The molecule has 0 atom stereocenters. The van der Waals surface area contributed by atoms with Crippen molar-refractivity contribution in [1.29, 1.82) is 0 Å². The molecule has 2 rings (SSSR count). The van der Waals surface area contributed by atoms with Gasteiger partial charge in [-0.3, -0.25) is 9.59 Å². The van der Waals surface area contributed by atoms with Crippen molar-refractivity contribution in [2.45, 2.75) is 12.8 Å². The van der Waals surface area contributed by atoms with Gasteiger partial charge in [0.05, 0.1) is 22.3 Å². The van der Waals surface area contributed by atoms with Crippen molar-refractivity contribution in [2.75, 3.05) is 31.3 Å². The second-order valence-corrected chi connectivity index (χ2v) is 6.77. The van der Waals surface area contributed by atoms with Gasteiger partial charge in [-0.15, -0.1) is 0 Å². The lowest BCUT2D eigenvalue weighted by atomic mass is 10.1. The van der Waals surface area contributed by atoms with Crippen LogP contribution in [-0.2, 0) is 16.0 Å². The third-order valence-electron chi connectivity index (χ3n) is 3.76. The molecular weight excluding hydrogens is 373 g/mol. The molecule has 0 aliphatic carbocycles. The first-order valence-electron chi connectivity index (χ1n) is 8.13. The molecule has 0 saturated heterocycles. The van der Waals surface area contributed by atoms with Crippen LogP contribution in [0.5, 0.6) is 0 Å². The van der Waals surface area contributed by atoms with Gasteiger partial charge in [0, 0.05) is 26.2 Å². The van der Waals surface area contributed by atoms with E-state index in [0.29, 0.717) is 28.6 Å². The van der Waals surface area contributed by atoms with Crippen LogP contribution < -0.4 is 10.6 Å². The average molecular weight is 394 g/mol. The Hall–Kier alpha value is -2.24.